The first-order valence-corrected chi connectivity index (χ1v) is 10.5. The minimum absolute atomic E-state index is 0.127. The van der Waals surface area contributed by atoms with Crippen LogP contribution < -0.4 is 0 Å². The molecule has 146 valence electrons. The lowest BCUT2D eigenvalue weighted by Gasteiger charge is -2.28. The van der Waals surface area contributed by atoms with Gasteiger partial charge in [0.15, 0.2) is 0 Å². The Kier molecular flexibility index (Phi) is 5.70. The summed E-state index contributed by atoms with van der Waals surface area (Å²) in [7, 11) is 0. The first-order chi connectivity index (χ1) is 13.6. The number of thioether (sulfide) groups is 1. The van der Waals surface area contributed by atoms with Gasteiger partial charge in [-0.05, 0) is 30.3 Å². The Morgan fingerprint density at radius 2 is 1.93 bits per heavy atom. The van der Waals surface area contributed by atoms with Crippen molar-refractivity contribution in [2.75, 3.05) is 26.3 Å². The zero-order valence-corrected chi connectivity index (χ0v) is 16.9. The molecule has 2 N–H and O–H groups in total. The van der Waals surface area contributed by atoms with Crippen molar-refractivity contribution < 1.29 is 14.9 Å². The molecule has 0 spiro atoms. The standard InChI is InChI=1S/C20H21N3O3S2/c24-15-5-6-18(25)14(11-15)12-23-17-4-2-1-3-16(17)21-19(23)13-28-20(27)22-7-9-26-10-8-22/h1-6,11,24-25H,7-10,12-13H2. The van der Waals surface area contributed by atoms with Gasteiger partial charge in [-0.15, -0.1) is 0 Å². The third-order valence-corrected chi connectivity index (χ3v) is 6.24. The summed E-state index contributed by atoms with van der Waals surface area (Å²) in [5.74, 6) is 1.79. The maximum Gasteiger partial charge on any atom is 0.136 e. The molecule has 2 heterocycles. The van der Waals surface area contributed by atoms with Crippen molar-refractivity contribution in [3.05, 3.63) is 53.9 Å². The number of nitrogens with zero attached hydrogens (tertiary/aromatic N) is 3. The van der Waals surface area contributed by atoms with Gasteiger partial charge >= 0.3 is 0 Å². The number of para-hydroxylation sites is 2. The molecular formula is C20H21N3O3S2. The summed E-state index contributed by atoms with van der Waals surface area (Å²) in [6, 6.07) is 12.5. The third-order valence-electron chi connectivity index (χ3n) is 4.72. The third kappa shape index (κ3) is 4.09. The van der Waals surface area contributed by atoms with Gasteiger partial charge in [0.05, 0.1) is 36.5 Å². The molecule has 1 saturated heterocycles. The van der Waals surface area contributed by atoms with Crippen LogP contribution >= 0.6 is 24.0 Å². The van der Waals surface area contributed by atoms with Gasteiger partial charge in [-0.1, -0.05) is 36.1 Å². The highest BCUT2D eigenvalue weighted by atomic mass is 32.2. The molecular weight excluding hydrogens is 394 g/mol. The van der Waals surface area contributed by atoms with Crippen LogP contribution in [0.1, 0.15) is 11.4 Å². The summed E-state index contributed by atoms with van der Waals surface area (Å²) in [6.45, 7) is 3.46. The van der Waals surface area contributed by atoms with Gasteiger partial charge in [0.25, 0.3) is 0 Å². The number of aromatic nitrogens is 2. The second kappa shape index (κ2) is 8.38. The lowest BCUT2D eigenvalue weighted by molar-refractivity contribution is 0.0702. The Labute approximate surface area is 172 Å². The molecule has 3 aromatic rings. The van der Waals surface area contributed by atoms with E-state index in [0.29, 0.717) is 31.1 Å². The highest BCUT2D eigenvalue weighted by Gasteiger charge is 2.17. The van der Waals surface area contributed by atoms with Crippen LogP contribution in [0.2, 0.25) is 0 Å². The summed E-state index contributed by atoms with van der Waals surface area (Å²) in [6.07, 6.45) is 0. The van der Waals surface area contributed by atoms with Crippen molar-refractivity contribution in [2.24, 2.45) is 0 Å². The number of morpholine rings is 1. The fourth-order valence-electron chi connectivity index (χ4n) is 3.24. The number of aromatic hydroxyl groups is 2. The van der Waals surface area contributed by atoms with Gasteiger partial charge in [0.1, 0.15) is 21.6 Å². The van der Waals surface area contributed by atoms with E-state index in [1.165, 1.54) is 12.1 Å². The quantitative estimate of drug-likeness (QED) is 0.500. The molecule has 0 amide bonds. The Balaban J connectivity index is 1.60. The maximum atomic E-state index is 10.2. The SMILES string of the molecule is Oc1ccc(O)c(Cn2c(CSC(=S)N3CCOCC3)nc3ccccc32)c1. The lowest BCUT2D eigenvalue weighted by Crippen LogP contribution is -2.38. The van der Waals surface area contributed by atoms with Crippen molar-refractivity contribution in [1.29, 1.82) is 0 Å². The molecule has 0 saturated carbocycles. The number of thiocarbonyl (C=S) groups is 1. The number of phenolic OH excluding ortho intramolecular Hbond substituents is 2. The van der Waals surface area contributed by atoms with Crippen LogP contribution in [0.3, 0.4) is 0 Å². The molecule has 0 radical (unpaired) electrons. The molecule has 2 aromatic carbocycles. The smallest absolute Gasteiger partial charge is 0.136 e. The van der Waals surface area contributed by atoms with E-state index >= 15 is 0 Å². The summed E-state index contributed by atoms with van der Waals surface area (Å²) < 4.78 is 8.31. The highest BCUT2D eigenvalue weighted by molar-refractivity contribution is 8.22. The second-order valence-electron chi connectivity index (χ2n) is 6.57. The van der Waals surface area contributed by atoms with E-state index in [0.717, 1.165) is 34.3 Å². The number of fused-ring (bicyclic) bond motifs is 1. The normalized spacial score (nSPS) is 14.5. The first kappa shape index (κ1) is 19.0. The predicted octanol–water partition coefficient (Wildman–Crippen LogP) is 3.35. The number of hydrogen-bond donors (Lipinski definition) is 2. The van der Waals surface area contributed by atoms with Crippen molar-refractivity contribution in [3.63, 3.8) is 0 Å². The van der Waals surface area contributed by atoms with Crippen molar-refractivity contribution in [1.82, 2.24) is 14.5 Å². The number of imidazole rings is 1. The van der Waals surface area contributed by atoms with E-state index in [1.807, 2.05) is 24.3 Å². The fourth-order valence-corrected chi connectivity index (χ4v) is 4.44. The van der Waals surface area contributed by atoms with E-state index in [9.17, 15) is 10.2 Å². The van der Waals surface area contributed by atoms with Gasteiger partial charge in [0.2, 0.25) is 0 Å². The largest absolute Gasteiger partial charge is 0.508 e. The summed E-state index contributed by atoms with van der Waals surface area (Å²) >= 11 is 7.18. The Morgan fingerprint density at radius 1 is 1.14 bits per heavy atom. The number of hydrogen-bond acceptors (Lipinski definition) is 6. The van der Waals surface area contributed by atoms with Crippen molar-refractivity contribution in [2.45, 2.75) is 12.3 Å². The van der Waals surface area contributed by atoms with Gasteiger partial charge < -0.3 is 24.4 Å². The lowest BCUT2D eigenvalue weighted by atomic mass is 10.2. The molecule has 1 fully saturated rings. The summed E-state index contributed by atoms with van der Waals surface area (Å²) in [5, 5.41) is 20.0. The molecule has 8 heteroatoms. The maximum absolute atomic E-state index is 10.2. The molecule has 0 atom stereocenters. The number of phenols is 2. The molecule has 4 rings (SSSR count). The molecule has 28 heavy (non-hydrogen) atoms. The van der Waals surface area contributed by atoms with E-state index in [-0.39, 0.29) is 11.5 Å². The van der Waals surface area contributed by atoms with E-state index in [2.05, 4.69) is 9.47 Å². The molecule has 0 unspecified atom stereocenters. The second-order valence-corrected chi connectivity index (χ2v) is 8.18. The van der Waals surface area contributed by atoms with Crippen LogP contribution in [0.15, 0.2) is 42.5 Å². The van der Waals surface area contributed by atoms with Crippen molar-refractivity contribution in [3.8, 4) is 11.5 Å². The number of ether oxygens (including phenoxy) is 1. The minimum Gasteiger partial charge on any atom is -0.508 e. The van der Waals surface area contributed by atoms with Crippen LogP contribution in [0, 0.1) is 0 Å². The Morgan fingerprint density at radius 3 is 2.75 bits per heavy atom. The summed E-state index contributed by atoms with van der Waals surface area (Å²) in [5.41, 5.74) is 2.53. The van der Waals surface area contributed by atoms with Crippen LogP contribution in [0.4, 0.5) is 0 Å². The van der Waals surface area contributed by atoms with Crippen molar-refractivity contribution >= 4 is 39.3 Å². The molecule has 0 aliphatic carbocycles. The average molecular weight is 416 g/mol. The molecule has 1 aliphatic rings. The topological polar surface area (TPSA) is 70.8 Å². The summed E-state index contributed by atoms with van der Waals surface area (Å²) in [4.78, 5) is 6.94. The molecule has 1 aromatic heterocycles. The monoisotopic (exact) mass is 415 g/mol. The number of rotatable bonds is 4. The Bertz CT molecular complexity index is 1000. The van der Waals surface area contributed by atoms with E-state index in [4.69, 9.17) is 21.9 Å². The van der Waals surface area contributed by atoms with Crippen LogP contribution in [0.5, 0.6) is 11.5 Å². The minimum atomic E-state index is 0.127. The zero-order valence-electron chi connectivity index (χ0n) is 15.2. The first-order valence-electron chi connectivity index (χ1n) is 9.06. The predicted molar refractivity (Wildman–Crippen MR) is 115 cm³/mol. The average Bonchev–Trinajstić information content (AvgIpc) is 3.07. The van der Waals surface area contributed by atoms with Gasteiger partial charge in [-0.25, -0.2) is 4.98 Å². The van der Waals surface area contributed by atoms with Crippen LogP contribution in [-0.4, -0.2) is 55.3 Å². The highest BCUT2D eigenvalue weighted by Crippen LogP contribution is 2.27. The van der Waals surface area contributed by atoms with Gasteiger partial charge in [-0.2, -0.15) is 0 Å². The fraction of sp³-hybridized carbons (Fsp3) is 0.300. The van der Waals surface area contributed by atoms with E-state index in [1.54, 1.807) is 17.8 Å². The molecule has 6 nitrogen and oxygen atoms in total. The van der Waals surface area contributed by atoms with Crippen LogP contribution in [-0.2, 0) is 17.0 Å². The molecule has 0 bridgehead atoms. The van der Waals surface area contributed by atoms with Crippen LogP contribution in [0.25, 0.3) is 11.0 Å². The van der Waals surface area contributed by atoms with Gasteiger partial charge in [-0.3, -0.25) is 0 Å². The molecule has 1 aliphatic heterocycles. The Hall–Kier alpha value is -2.29. The van der Waals surface area contributed by atoms with E-state index < -0.39 is 0 Å². The van der Waals surface area contributed by atoms with Gasteiger partial charge in [0, 0.05) is 18.7 Å². The number of benzene rings is 2. The zero-order chi connectivity index (χ0) is 19.5.